The minimum atomic E-state index is -0.820. The van der Waals surface area contributed by atoms with Crippen molar-refractivity contribution in [3.8, 4) is 0 Å². The molecule has 1 aromatic rings. The highest BCUT2D eigenvalue weighted by atomic mass is 19.1. The van der Waals surface area contributed by atoms with Crippen LogP contribution in [0.5, 0.6) is 0 Å². The summed E-state index contributed by atoms with van der Waals surface area (Å²) in [6.07, 6.45) is 0.163. The molecule has 15 heavy (non-hydrogen) atoms. The first-order chi connectivity index (χ1) is 7.06. The van der Waals surface area contributed by atoms with E-state index in [1.54, 1.807) is 6.07 Å². The van der Waals surface area contributed by atoms with E-state index >= 15 is 0 Å². The quantitative estimate of drug-likeness (QED) is 0.563. The second-order valence-corrected chi connectivity index (χ2v) is 3.15. The number of para-hydroxylation sites is 1. The van der Waals surface area contributed by atoms with Gasteiger partial charge in [-0.05, 0) is 11.6 Å². The topological polar surface area (TPSA) is 78.3 Å². The Morgan fingerprint density at radius 3 is 2.87 bits per heavy atom. The van der Waals surface area contributed by atoms with Crippen LogP contribution in [0.25, 0.3) is 0 Å². The summed E-state index contributed by atoms with van der Waals surface area (Å²) in [7, 11) is 1.25. The Morgan fingerprint density at radius 1 is 1.60 bits per heavy atom. The summed E-state index contributed by atoms with van der Waals surface area (Å²) < 4.78 is 17.5. The summed E-state index contributed by atoms with van der Waals surface area (Å²) in [6.45, 7) is 0. The number of esters is 1. The number of nitrogen functional groups attached to an aromatic ring is 1. The Bertz CT molecular complexity index is 368. The number of carbonyl (C=O) groups is 1. The number of anilines is 1. The molecule has 0 spiro atoms. The highest BCUT2D eigenvalue weighted by Crippen LogP contribution is 2.17. The van der Waals surface area contributed by atoms with E-state index in [4.69, 9.17) is 11.5 Å². The summed E-state index contributed by atoms with van der Waals surface area (Å²) in [5, 5.41) is 0. The number of benzene rings is 1. The van der Waals surface area contributed by atoms with Crippen LogP contribution in [0.3, 0.4) is 0 Å². The number of rotatable bonds is 3. The number of halogens is 1. The van der Waals surface area contributed by atoms with Crippen molar-refractivity contribution in [1.29, 1.82) is 0 Å². The number of methoxy groups -OCH3 is 1. The Kier molecular flexibility index (Phi) is 3.62. The van der Waals surface area contributed by atoms with E-state index in [0.29, 0.717) is 5.56 Å². The summed E-state index contributed by atoms with van der Waals surface area (Å²) in [5.41, 5.74) is 11.5. The fourth-order valence-corrected chi connectivity index (χ4v) is 1.23. The molecule has 1 aromatic carbocycles. The van der Waals surface area contributed by atoms with Gasteiger partial charge in [-0.15, -0.1) is 0 Å². The van der Waals surface area contributed by atoms with E-state index < -0.39 is 17.8 Å². The number of hydrogen-bond donors (Lipinski definition) is 2. The van der Waals surface area contributed by atoms with Crippen LogP contribution in [0.1, 0.15) is 5.56 Å². The van der Waals surface area contributed by atoms with Crippen LogP contribution in [0.4, 0.5) is 10.1 Å². The standard InChI is InChI=1S/C10H13FN2O2/c1-15-10(14)8(12)5-6-3-2-4-7(11)9(6)13/h2-4,8H,5,12-13H2,1H3/t8-/m1/s1. The van der Waals surface area contributed by atoms with Crippen molar-refractivity contribution in [2.24, 2.45) is 5.73 Å². The Labute approximate surface area is 87.0 Å². The highest BCUT2D eigenvalue weighted by Gasteiger charge is 2.16. The average molecular weight is 212 g/mol. The first-order valence-corrected chi connectivity index (χ1v) is 4.42. The van der Waals surface area contributed by atoms with Gasteiger partial charge in [0.1, 0.15) is 11.9 Å². The molecule has 4 nitrogen and oxygen atoms in total. The molecule has 0 heterocycles. The van der Waals surface area contributed by atoms with Gasteiger partial charge in [-0.25, -0.2) is 4.39 Å². The van der Waals surface area contributed by atoms with Crippen molar-refractivity contribution < 1.29 is 13.9 Å². The van der Waals surface area contributed by atoms with Gasteiger partial charge in [-0.1, -0.05) is 12.1 Å². The molecule has 1 atom stereocenters. The molecule has 82 valence electrons. The van der Waals surface area contributed by atoms with Gasteiger partial charge < -0.3 is 16.2 Å². The van der Waals surface area contributed by atoms with Crippen molar-refractivity contribution in [2.75, 3.05) is 12.8 Å². The van der Waals surface area contributed by atoms with Crippen LogP contribution in [-0.2, 0) is 16.0 Å². The van der Waals surface area contributed by atoms with Crippen LogP contribution >= 0.6 is 0 Å². The summed E-state index contributed by atoms with van der Waals surface area (Å²) in [6, 6.07) is 3.58. The fraction of sp³-hybridized carbons (Fsp3) is 0.300. The predicted octanol–water partition coefficient (Wildman–Crippen LogP) is 0.451. The maximum absolute atomic E-state index is 13.0. The Morgan fingerprint density at radius 2 is 2.27 bits per heavy atom. The van der Waals surface area contributed by atoms with Gasteiger partial charge in [0.05, 0.1) is 12.8 Å². The molecular formula is C10H13FN2O2. The molecule has 0 saturated heterocycles. The number of hydrogen-bond acceptors (Lipinski definition) is 4. The zero-order valence-corrected chi connectivity index (χ0v) is 8.37. The van der Waals surface area contributed by atoms with Gasteiger partial charge in [-0.2, -0.15) is 0 Å². The molecule has 1 rings (SSSR count). The van der Waals surface area contributed by atoms with Crippen LogP contribution < -0.4 is 11.5 Å². The summed E-state index contributed by atoms with van der Waals surface area (Å²) >= 11 is 0. The third-order valence-electron chi connectivity index (χ3n) is 2.09. The number of nitrogens with two attached hydrogens (primary N) is 2. The average Bonchev–Trinajstić information content (AvgIpc) is 2.23. The Hall–Kier alpha value is -1.62. The molecule has 0 amide bonds. The van der Waals surface area contributed by atoms with Gasteiger partial charge in [0.15, 0.2) is 0 Å². The second-order valence-electron chi connectivity index (χ2n) is 3.15. The lowest BCUT2D eigenvalue weighted by molar-refractivity contribution is -0.142. The first kappa shape index (κ1) is 11.5. The molecule has 0 fully saturated rings. The van der Waals surface area contributed by atoms with Crippen LogP contribution in [-0.4, -0.2) is 19.1 Å². The summed E-state index contributed by atoms with van der Waals surface area (Å²) in [4.78, 5) is 11.0. The van der Waals surface area contributed by atoms with Gasteiger partial charge in [0, 0.05) is 6.42 Å². The molecule has 5 heteroatoms. The molecule has 0 aliphatic rings. The molecule has 0 aromatic heterocycles. The van der Waals surface area contributed by atoms with Crippen molar-refractivity contribution in [1.82, 2.24) is 0 Å². The maximum atomic E-state index is 13.0. The Balaban J connectivity index is 2.81. The van der Waals surface area contributed by atoms with Crippen molar-refractivity contribution in [3.63, 3.8) is 0 Å². The largest absolute Gasteiger partial charge is 0.468 e. The van der Waals surface area contributed by atoms with E-state index in [9.17, 15) is 9.18 Å². The molecule has 0 aliphatic carbocycles. The predicted molar refractivity (Wildman–Crippen MR) is 54.5 cm³/mol. The molecular weight excluding hydrogens is 199 g/mol. The van der Waals surface area contributed by atoms with Crippen molar-refractivity contribution in [3.05, 3.63) is 29.6 Å². The molecule has 0 aliphatic heterocycles. The second kappa shape index (κ2) is 4.75. The minimum Gasteiger partial charge on any atom is -0.468 e. The van der Waals surface area contributed by atoms with Crippen LogP contribution in [0.2, 0.25) is 0 Å². The van der Waals surface area contributed by atoms with Gasteiger partial charge in [0.2, 0.25) is 0 Å². The maximum Gasteiger partial charge on any atom is 0.322 e. The fourth-order valence-electron chi connectivity index (χ4n) is 1.23. The summed E-state index contributed by atoms with van der Waals surface area (Å²) in [5.74, 6) is -1.05. The lowest BCUT2D eigenvalue weighted by Crippen LogP contribution is -2.33. The zero-order chi connectivity index (χ0) is 11.4. The number of carbonyl (C=O) groups excluding carboxylic acids is 1. The van der Waals surface area contributed by atoms with E-state index in [1.165, 1.54) is 19.2 Å². The van der Waals surface area contributed by atoms with Gasteiger partial charge in [0.25, 0.3) is 0 Å². The first-order valence-electron chi connectivity index (χ1n) is 4.42. The minimum absolute atomic E-state index is 0.0249. The lowest BCUT2D eigenvalue weighted by atomic mass is 10.0. The van der Waals surface area contributed by atoms with Gasteiger partial charge in [-0.3, -0.25) is 4.79 Å². The van der Waals surface area contributed by atoms with E-state index in [2.05, 4.69) is 4.74 Å². The van der Waals surface area contributed by atoms with Crippen molar-refractivity contribution in [2.45, 2.75) is 12.5 Å². The normalized spacial score (nSPS) is 12.2. The zero-order valence-electron chi connectivity index (χ0n) is 8.37. The third kappa shape index (κ3) is 2.66. The molecule has 0 radical (unpaired) electrons. The molecule has 0 unspecified atom stereocenters. The van der Waals surface area contributed by atoms with Crippen LogP contribution in [0, 0.1) is 5.82 Å². The SMILES string of the molecule is COC(=O)[C@H](N)Cc1cccc(F)c1N. The number of ether oxygens (including phenoxy) is 1. The third-order valence-corrected chi connectivity index (χ3v) is 2.09. The molecule has 0 bridgehead atoms. The molecule has 0 saturated carbocycles. The van der Waals surface area contributed by atoms with Gasteiger partial charge >= 0.3 is 5.97 Å². The van der Waals surface area contributed by atoms with E-state index in [-0.39, 0.29) is 12.1 Å². The monoisotopic (exact) mass is 212 g/mol. The van der Waals surface area contributed by atoms with Crippen molar-refractivity contribution >= 4 is 11.7 Å². The van der Waals surface area contributed by atoms with Crippen LogP contribution in [0.15, 0.2) is 18.2 Å². The highest BCUT2D eigenvalue weighted by molar-refractivity contribution is 5.76. The smallest absolute Gasteiger partial charge is 0.322 e. The lowest BCUT2D eigenvalue weighted by Gasteiger charge is -2.11. The van der Waals surface area contributed by atoms with E-state index in [1.807, 2.05) is 0 Å². The van der Waals surface area contributed by atoms with E-state index in [0.717, 1.165) is 0 Å². The molecule has 4 N–H and O–H groups in total.